The van der Waals surface area contributed by atoms with E-state index in [0.717, 1.165) is 12.8 Å². The van der Waals surface area contributed by atoms with Crippen LogP contribution in [0, 0.1) is 12.8 Å². The summed E-state index contributed by atoms with van der Waals surface area (Å²) in [7, 11) is 1.54. The van der Waals surface area contributed by atoms with Gasteiger partial charge in [0.1, 0.15) is 23.4 Å². The van der Waals surface area contributed by atoms with Crippen LogP contribution in [0.15, 0.2) is 18.2 Å². The number of ether oxygens (including phenoxy) is 1. The van der Waals surface area contributed by atoms with Gasteiger partial charge in [-0.15, -0.1) is 0 Å². The quantitative estimate of drug-likeness (QED) is 0.499. The summed E-state index contributed by atoms with van der Waals surface area (Å²) in [5.74, 6) is -0.853. The minimum atomic E-state index is -0.916. The Morgan fingerprint density at radius 3 is 2.31 bits per heavy atom. The summed E-state index contributed by atoms with van der Waals surface area (Å²) in [6, 6.07) is 3.03. The third kappa shape index (κ3) is 8.05. The number of amides is 3. The van der Waals surface area contributed by atoms with Gasteiger partial charge in [-0.25, -0.2) is 4.79 Å². The molecule has 0 saturated carbocycles. The highest BCUT2D eigenvalue weighted by atomic mass is 16.6. The number of nitrogens with zero attached hydrogens (tertiary/aromatic N) is 1. The summed E-state index contributed by atoms with van der Waals surface area (Å²) in [4.78, 5) is 40.2. The van der Waals surface area contributed by atoms with Crippen molar-refractivity contribution in [2.45, 2.75) is 79.0 Å². The maximum Gasteiger partial charge on any atom is 0.408 e. The number of phenolic OH excluding ortho intramolecular Hbond substituents is 1. The molecule has 1 aromatic carbocycles. The van der Waals surface area contributed by atoms with Crippen LogP contribution in [0.3, 0.4) is 0 Å². The van der Waals surface area contributed by atoms with E-state index in [1.54, 1.807) is 46.9 Å². The van der Waals surface area contributed by atoms with Crippen LogP contribution in [0.1, 0.15) is 71.6 Å². The van der Waals surface area contributed by atoms with Crippen LogP contribution >= 0.6 is 0 Å². The van der Waals surface area contributed by atoms with Gasteiger partial charge in [-0.1, -0.05) is 33.3 Å². The first-order valence-electron chi connectivity index (χ1n) is 11.1. The summed E-state index contributed by atoms with van der Waals surface area (Å²) in [5, 5.41) is 15.4. The zero-order valence-corrected chi connectivity index (χ0v) is 20.6. The highest BCUT2D eigenvalue weighted by Crippen LogP contribution is 2.26. The Hall–Kier alpha value is -2.77. The van der Waals surface area contributed by atoms with Crippen molar-refractivity contribution in [2.75, 3.05) is 13.6 Å². The SMILES string of the molecule is CCCCNC(=O)C(c1ccc(O)c(C)c1)N(C)C(=O)C(NC(=O)OC(C)(C)C)C(C)C. The number of aryl methyl sites for hydroxylation is 1. The minimum Gasteiger partial charge on any atom is -0.508 e. The van der Waals surface area contributed by atoms with E-state index < -0.39 is 29.7 Å². The number of nitrogens with one attached hydrogen (secondary N) is 2. The molecule has 0 spiro atoms. The van der Waals surface area contributed by atoms with Crippen molar-refractivity contribution >= 4 is 17.9 Å². The number of rotatable bonds is 9. The highest BCUT2D eigenvalue weighted by molar-refractivity contribution is 5.92. The molecule has 2 unspecified atom stereocenters. The van der Waals surface area contributed by atoms with Crippen molar-refractivity contribution in [1.29, 1.82) is 0 Å². The summed E-state index contributed by atoms with van der Waals surface area (Å²) < 4.78 is 5.31. The Kier molecular flexibility index (Phi) is 10.0. The second-order valence-corrected chi connectivity index (χ2v) is 9.41. The van der Waals surface area contributed by atoms with Crippen LogP contribution in [0.5, 0.6) is 5.75 Å². The second-order valence-electron chi connectivity index (χ2n) is 9.41. The number of carbonyl (C=O) groups is 3. The topological polar surface area (TPSA) is 108 Å². The van der Waals surface area contributed by atoms with Crippen LogP contribution in [0.4, 0.5) is 4.79 Å². The molecule has 32 heavy (non-hydrogen) atoms. The standard InChI is InChI=1S/C24H39N3O5/c1-9-10-13-25-21(29)20(17-11-12-18(28)16(4)14-17)27(8)22(30)19(15(2)3)26-23(31)32-24(5,6)7/h11-12,14-15,19-20,28H,9-10,13H2,1-8H3,(H,25,29)(H,26,31). The zero-order chi connectivity index (χ0) is 24.6. The number of alkyl carbamates (subject to hydrolysis) is 1. The second kappa shape index (κ2) is 11.7. The Labute approximate surface area is 191 Å². The number of benzene rings is 1. The lowest BCUT2D eigenvalue weighted by molar-refractivity contribution is -0.141. The smallest absolute Gasteiger partial charge is 0.408 e. The van der Waals surface area contributed by atoms with E-state index >= 15 is 0 Å². The monoisotopic (exact) mass is 449 g/mol. The van der Waals surface area contributed by atoms with E-state index in [0.29, 0.717) is 17.7 Å². The van der Waals surface area contributed by atoms with E-state index in [2.05, 4.69) is 10.6 Å². The van der Waals surface area contributed by atoms with Crippen molar-refractivity contribution in [3.05, 3.63) is 29.3 Å². The molecule has 0 fully saturated rings. The molecule has 8 heteroatoms. The highest BCUT2D eigenvalue weighted by Gasteiger charge is 2.35. The molecule has 3 N–H and O–H groups in total. The predicted octanol–water partition coefficient (Wildman–Crippen LogP) is 3.67. The molecule has 8 nitrogen and oxygen atoms in total. The van der Waals surface area contributed by atoms with Gasteiger partial charge in [0.25, 0.3) is 0 Å². The maximum absolute atomic E-state index is 13.4. The molecule has 180 valence electrons. The lowest BCUT2D eigenvalue weighted by Crippen LogP contribution is -2.53. The Bertz CT molecular complexity index is 801. The molecule has 2 atom stereocenters. The first kappa shape index (κ1) is 27.3. The van der Waals surface area contributed by atoms with Crippen molar-refractivity contribution in [3.63, 3.8) is 0 Å². The third-order valence-corrected chi connectivity index (χ3v) is 4.95. The number of unbranched alkanes of at least 4 members (excludes halogenated alkanes) is 1. The van der Waals surface area contributed by atoms with E-state index in [1.165, 1.54) is 11.0 Å². The van der Waals surface area contributed by atoms with Gasteiger partial charge in [0.15, 0.2) is 0 Å². The molecule has 0 saturated heterocycles. The van der Waals surface area contributed by atoms with Crippen LogP contribution in [-0.4, -0.2) is 53.1 Å². The number of carbonyl (C=O) groups excluding carboxylic acids is 3. The molecular formula is C24H39N3O5. The molecule has 1 rings (SSSR count). The Morgan fingerprint density at radius 1 is 1.19 bits per heavy atom. The Morgan fingerprint density at radius 2 is 1.81 bits per heavy atom. The summed E-state index contributed by atoms with van der Waals surface area (Å²) >= 11 is 0. The van der Waals surface area contributed by atoms with Gasteiger partial charge >= 0.3 is 6.09 Å². The van der Waals surface area contributed by atoms with Gasteiger partial charge in [0.05, 0.1) is 0 Å². The van der Waals surface area contributed by atoms with Gasteiger partial charge in [-0.3, -0.25) is 9.59 Å². The van der Waals surface area contributed by atoms with E-state index in [4.69, 9.17) is 4.74 Å². The number of hydrogen-bond acceptors (Lipinski definition) is 5. The molecule has 0 heterocycles. The molecule has 0 aliphatic rings. The molecule has 1 aromatic rings. The normalized spacial score (nSPS) is 13.3. The minimum absolute atomic E-state index is 0.111. The predicted molar refractivity (Wildman–Crippen MR) is 124 cm³/mol. The van der Waals surface area contributed by atoms with E-state index in [9.17, 15) is 19.5 Å². The molecule has 0 aliphatic heterocycles. The molecule has 0 aromatic heterocycles. The number of phenols is 1. The average Bonchev–Trinajstić information content (AvgIpc) is 2.67. The van der Waals surface area contributed by atoms with Crippen molar-refractivity contribution in [2.24, 2.45) is 5.92 Å². The summed E-state index contributed by atoms with van der Waals surface area (Å²) in [5.41, 5.74) is 0.471. The number of hydrogen-bond donors (Lipinski definition) is 3. The van der Waals surface area contributed by atoms with Crippen molar-refractivity contribution in [3.8, 4) is 5.75 Å². The largest absolute Gasteiger partial charge is 0.508 e. The fraction of sp³-hybridized carbons (Fsp3) is 0.625. The van der Waals surface area contributed by atoms with Gasteiger partial charge in [-0.2, -0.15) is 0 Å². The van der Waals surface area contributed by atoms with Gasteiger partial charge in [0, 0.05) is 13.6 Å². The molecule has 3 amide bonds. The van der Waals surface area contributed by atoms with Gasteiger partial charge < -0.3 is 25.4 Å². The molecule has 0 aliphatic carbocycles. The summed E-state index contributed by atoms with van der Waals surface area (Å²) in [6.45, 7) is 13.1. The zero-order valence-electron chi connectivity index (χ0n) is 20.6. The van der Waals surface area contributed by atoms with Gasteiger partial charge in [-0.05, 0) is 63.3 Å². The molecule has 0 bridgehead atoms. The van der Waals surface area contributed by atoms with Crippen molar-refractivity contribution < 1.29 is 24.2 Å². The summed E-state index contributed by atoms with van der Waals surface area (Å²) in [6.07, 6.45) is 1.05. The van der Waals surface area contributed by atoms with Crippen LogP contribution in [0.2, 0.25) is 0 Å². The lowest BCUT2D eigenvalue weighted by atomic mass is 9.98. The average molecular weight is 450 g/mol. The van der Waals surface area contributed by atoms with E-state index in [-0.39, 0.29) is 17.6 Å². The first-order chi connectivity index (χ1) is 14.8. The molecule has 0 radical (unpaired) electrons. The van der Waals surface area contributed by atoms with E-state index in [1.807, 2.05) is 20.8 Å². The van der Waals surface area contributed by atoms with Crippen LogP contribution < -0.4 is 10.6 Å². The third-order valence-electron chi connectivity index (χ3n) is 4.95. The van der Waals surface area contributed by atoms with Crippen LogP contribution in [-0.2, 0) is 14.3 Å². The first-order valence-corrected chi connectivity index (χ1v) is 11.1. The lowest BCUT2D eigenvalue weighted by Gasteiger charge is -2.33. The molecular weight excluding hydrogens is 410 g/mol. The van der Waals surface area contributed by atoms with Crippen molar-refractivity contribution in [1.82, 2.24) is 15.5 Å². The van der Waals surface area contributed by atoms with Gasteiger partial charge in [0.2, 0.25) is 11.8 Å². The number of aromatic hydroxyl groups is 1. The number of likely N-dealkylation sites (N-methyl/N-ethyl adjacent to an activating group) is 1. The fourth-order valence-corrected chi connectivity index (χ4v) is 3.18. The van der Waals surface area contributed by atoms with Crippen LogP contribution in [0.25, 0.3) is 0 Å². The Balaban J connectivity index is 3.22. The maximum atomic E-state index is 13.4. The fourth-order valence-electron chi connectivity index (χ4n) is 3.18.